The molecule has 0 aliphatic carbocycles. The largest absolute Gasteiger partial charge is 0.480 e. The van der Waals surface area contributed by atoms with E-state index in [2.05, 4.69) is 10.2 Å². The lowest BCUT2D eigenvalue weighted by Crippen LogP contribution is -2.32. The number of carboxylic acid groups (broad SMARTS) is 1. The number of nitrogens with zero attached hydrogens (tertiary/aromatic N) is 1. The molecule has 0 radical (unpaired) electrons. The van der Waals surface area contributed by atoms with E-state index in [1.165, 1.54) is 0 Å². The highest BCUT2D eigenvalue weighted by atomic mass is 35.5. The molecule has 1 aromatic rings. The monoisotopic (exact) mass is 205 g/mol. The number of nitrogens with one attached hydrogen (secondary N) is 1. The van der Waals surface area contributed by atoms with Crippen molar-refractivity contribution in [2.45, 2.75) is 19.4 Å². The molecule has 1 atom stereocenters. The fourth-order valence-corrected chi connectivity index (χ4v) is 0.906. The van der Waals surface area contributed by atoms with Crippen molar-refractivity contribution in [3.8, 4) is 0 Å². The predicted octanol–water partition coefficient (Wildman–Crippen LogP) is 0.0943. The summed E-state index contributed by atoms with van der Waals surface area (Å²) in [4.78, 5) is 10.4. The maximum Gasteiger partial charge on any atom is 0.320 e. The zero-order valence-corrected chi connectivity index (χ0v) is 7.97. The Labute approximate surface area is 81.7 Å². The van der Waals surface area contributed by atoms with Gasteiger partial charge in [0.05, 0.1) is 6.20 Å². The van der Waals surface area contributed by atoms with Gasteiger partial charge in [-0.1, -0.05) is 0 Å². The Kier molecular flexibility index (Phi) is 4.44. The first-order chi connectivity index (χ1) is 5.61. The van der Waals surface area contributed by atoms with Gasteiger partial charge in [0, 0.05) is 12.1 Å². The number of hydrogen-bond donors (Lipinski definition) is 3. The van der Waals surface area contributed by atoms with Crippen LogP contribution in [0.15, 0.2) is 6.20 Å². The van der Waals surface area contributed by atoms with Crippen molar-refractivity contribution in [1.29, 1.82) is 0 Å². The number of carbonyl (C=O) groups is 1. The van der Waals surface area contributed by atoms with E-state index in [0.29, 0.717) is 6.42 Å². The van der Waals surface area contributed by atoms with Crippen LogP contribution in [-0.2, 0) is 11.2 Å². The van der Waals surface area contributed by atoms with Crippen molar-refractivity contribution in [3.05, 3.63) is 17.5 Å². The van der Waals surface area contributed by atoms with E-state index in [1.807, 2.05) is 6.92 Å². The zero-order valence-electron chi connectivity index (χ0n) is 7.15. The first-order valence-electron chi connectivity index (χ1n) is 3.58. The summed E-state index contributed by atoms with van der Waals surface area (Å²) in [5.41, 5.74) is 7.05. The molecular weight excluding hydrogens is 194 g/mol. The number of aromatic amines is 1. The van der Waals surface area contributed by atoms with Crippen LogP contribution in [0.3, 0.4) is 0 Å². The summed E-state index contributed by atoms with van der Waals surface area (Å²) in [5.74, 6) is -0.990. The highest BCUT2D eigenvalue weighted by Gasteiger charge is 2.13. The average Bonchev–Trinajstić information content (AvgIpc) is 2.36. The highest BCUT2D eigenvalue weighted by Crippen LogP contribution is 2.04. The van der Waals surface area contributed by atoms with E-state index in [9.17, 15) is 4.79 Å². The number of aryl methyl sites for hydroxylation is 1. The van der Waals surface area contributed by atoms with E-state index >= 15 is 0 Å². The van der Waals surface area contributed by atoms with Crippen molar-refractivity contribution < 1.29 is 9.90 Å². The molecule has 0 aliphatic heterocycles. The third kappa shape index (κ3) is 3.04. The SMILES string of the molecule is Cc1[nH]ncc1CC(N)C(=O)O.Cl. The molecule has 4 N–H and O–H groups in total. The number of halogens is 1. The van der Waals surface area contributed by atoms with Crippen molar-refractivity contribution in [2.75, 3.05) is 0 Å². The van der Waals surface area contributed by atoms with Gasteiger partial charge in [-0.25, -0.2) is 0 Å². The molecule has 13 heavy (non-hydrogen) atoms. The molecule has 0 saturated carbocycles. The van der Waals surface area contributed by atoms with Crippen LogP contribution in [0.4, 0.5) is 0 Å². The van der Waals surface area contributed by atoms with Gasteiger partial charge in [0.25, 0.3) is 0 Å². The minimum Gasteiger partial charge on any atom is -0.480 e. The zero-order chi connectivity index (χ0) is 9.14. The molecule has 0 aliphatic rings. The van der Waals surface area contributed by atoms with Gasteiger partial charge in [0.15, 0.2) is 0 Å². The van der Waals surface area contributed by atoms with Crippen LogP contribution in [0.25, 0.3) is 0 Å². The number of aromatic nitrogens is 2. The van der Waals surface area contributed by atoms with E-state index in [0.717, 1.165) is 11.3 Å². The smallest absolute Gasteiger partial charge is 0.320 e. The second-order valence-corrected chi connectivity index (χ2v) is 2.67. The fourth-order valence-electron chi connectivity index (χ4n) is 0.906. The van der Waals surface area contributed by atoms with Crippen molar-refractivity contribution in [2.24, 2.45) is 5.73 Å². The van der Waals surface area contributed by atoms with Crippen molar-refractivity contribution in [3.63, 3.8) is 0 Å². The first-order valence-corrected chi connectivity index (χ1v) is 3.58. The molecule has 1 heterocycles. The van der Waals surface area contributed by atoms with Crippen LogP contribution < -0.4 is 5.73 Å². The maximum absolute atomic E-state index is 10.4. The fraction of sp³-hybridized carbons (Fsp3) is 0.429. The molecule has 1 rings (SSSR count). The standard InChI is InChI=1S/C7H11N3O2.ClH/c1-4-5(3-9-10-4)2-6(8)7(11)12;/h3,6H,2,8H2,1H3,(H,9,10)(H,11,12);1H. The topological polar surface area (TPSA) is 92.0 Å². The number of aliphatic carboxylic acids is 1. The molecule has 1 aromatic heterocycles. The summed E-state index contributed by atoms with van der Waals surface area (Å²) in [5, 5.41) is 15.0. The van der Waals surface area contributed by atoms with Crippen LogP contribution in [0, 0.1) is 6.92 Å². The highest BCUT2D eigenvalue weighted by molar-refractivity contribution is 5.85. The molecule has 0 amide bonds. The van der Waals surface area contributed by atoms with Gasteiger partial charge in [-0.15, -0.1) is 12.4 Å². The molecular formula is C7H12ClN3O2. The summed E-state index contributed by atoms with van der Waals surface area (Å²) < 4.78 is 0. The number of hydrogen-bond acceptors (Lipinski definition) is 3. The predicted molar refractivity (Wildman–Crippen MR) is 49.9 cm³/mol. The summed E-state index contributed by atoms with van der Waals surface area (Å²) >= 11 is 0. The lowest BCUT2D eigenvalue weighted by Gasteiger charge is -2.03. The van der Waals surface area contributed by atoms with E-state index < -0.39 is 12.0 Å². The molecule has 0 saturated heterocycles. The van der Waals surface area contributed by atoms with Crippen LogP contribution in [-0.4, -0.2) is 27.3 Å². The summed E-state index contributed by atoms with van der Waals surface area (Å²) in [6, 6.07) is -0.846. The van der Waals surface area contributed by atoms with Gasteiger partial charge in [-0.05, 0) is 12.5 Å². The van der Waals surface area contributed by atoms with Gasteiger partial charge in [0.2, 0.25) is 0 Å². The minimum absolute atomic E-state index is 0. The van der Waals surface area contributed by atoms with Gasteiger partial charge >= 0.3 is 5.97 Å². The third-order valence-corrected chi connectivity index (χ3v) is 1.69. The van der Waals surface area contributed by atoms with Gasteiger partial charge in [-0.2, -0.15) is 5.10 Å². The van der Waals surface area contributed by atoms with E-state index in [-0.39, 0.29) is 12.4 Å². The maximum atomic E-state index is 10.4. The lowest BCUT2D eigenvalue weighted by molar-refractivity contribution is -0.138. The molecule has 5 nitrogen and oxygen atoms in total. The number of carboxylic acids is 1. The number of nitrogens with two attached hydrogens (primary N) is 1. The Morgan fingerprint density at radius 1 is 1.85 bits per heavy atom. The summed E-state index contributed by atoms with van der Waals surface area (Å²) in [6.45, 7) is 1.83. The Morgan fingerprint density at radius 3 is 2.85 bits per heavy atom. The third-order valence-electron chi connectivity index (χ3n) is 1.69. The van der Waals surface area contributed by atoms with E-state index in [1.54, 1.807) is 6.20 Å². The molecule has 0 fully saturated rings. The second-order valence-electron chi connectivity index (χ2n) is 2.67. The Hall–Kier alpha value is -1.07. The van der Waals surface area contributed by atoms with Crippen LogP contribution in [0.1, 0.15) is 11.3 Å². The second kappa shape index (κ2) is 4.84. The summed E-state index contributed by atoms with van der Waals surface area (Å²) in [7, 11) is 0. The molecule has 1 unspecified atom stereocenters. The molecule has 74 valence electrons. The molecule has 0 spiro atoms. The lowest BCUT2D eigenvalue weighted by atomic mass is 10.1. The van der Waals surface area contributed by atoms with Crippen molar-refractivity contribution >= 4 is 18.4 Å². The molecule has 6 heteroatoms. The van der Waals surface area contributed by atoms with Crippen LogP contribution in [0.2, 0.25) is 0 Å². The van der Waals surface area contributed by atoms with Gasteiger partial charge in [0.1, 0.15) is 6.04 Å². The Balaban J connectivity index is 0.00000144. The Bertz CT molecular complexity index is 287. The molecule has 0 aromatic carbocycles. The summed E-state index contributed by atoms with van der Waals surface area (Å²) in [6.07, 6.45) is 1.91. The van der Waals surface area contributed by atoms with Crippen LogP contribution in [0.5, 0.6) is 0 Å². The number of H-pyrrole nitrogens is 1. The van der Waals surface area contributed by atoms with Crippen LogP contribution >= 0.6 is 12.4 Å². The quantitative estimate of drug-likeness (QED) is 0.653. The van der Waals surface area contributed by atoms with Crippen molar-refractivity contribution in [1.82, 2.24) is 10.2 Å². The van der Waals surface area contributed by atoms with Gasteiger partial charge < -0.3 is 10.8 Å². The molecule has 0 bridgehead atoms. The normalized spacial score (nSPS) is 11.8. The van der Waals surface area contributed by atoms with Gasteiger partial charge in [-0.3, -0.25) is 9.89 Å². The van der Waals surface area contributed by atoms with E-state index in [4.69, 9.17) is 10.8 Å². The Morgan fingerprint density at radius 2 is 2.46 bits per heavy atom. The first kappa shape index (κ1) is 11.9. The average molecular weight is 206 g/mol. The number of rotatable bonds is 3. The minimum atomic E-state index is -0.990.